The first kappa shape index (κ1) is 16.3. The Labute approximate surface area is 129 Å². The van der Waals surface area contributed by atoms with Crippen molar-refractivity contribution in [1.82, 2.24) is 14.1 Å². The minimum atomic E-state index is -3.58. The summed E-state index contributed by atoms with van der Waals surface area (Å²) in [6.07, 6.45) is 3.45. The van der Waals surface area contributed by atoms with Gasteiger partial charge in [0.15, 0.2) is 15.8 Å². The van der Waals surface area contributed by atoms with Gasteiger partial charge in [-0.05, 0) is 18.8 Å². The first-order valence-electron chi connectivity index (χ1n) is 7.14. The van der Waals surface area contributed by atoms with Crippen molar-refractivity contribution in [2.75, 3.05) is 18.4 Å². The molecular formula is C13H22N4O2S2. The summed E-state index contributed by atoms with van der Waals surface area (Å²) in [5.74, 6) is 0.887. The predicted molar refractivity (Wildman–Crippen MR) is 86.5 cm³/mol. The molecule has 8 heteroatoms. The number of sulfonamides is 1. The van der Waals surface area contributed by atoms with E-state index in [1.54, 1.807) is 10.6 Å². The quantitative estimate of drug-likeness (QED) is 0.780. The van der Waals surface area contributed by atoms with Crippen molar-refractivity contribution in [2.24, 2.45) is 5.92 Å². The molecule has 2 rings (SSSR count). The molecule has 118 valence electrons. The molecule has 0 bridgehead atoms. The van der Waals surface area contributed by atoms with Gasteiger partial charge in [0, 0.05) is 24.7 Å². The number of rotatable bonds is 8. The fourth-order valence-corrected chi connectivity index (χ4v) is 4.00. The van der Waals surface area contributed by atoms with E-state index in [-0.39, 0.29) is 5.03 Å². The molecular weight excluding hydrogens is 308 g/mol. The highest BCUT2D eigenvalue weighted by atomic mass is 32.2. The van der Waals surface area contributed by atoms with Crippen LogP contribution in [0.4, 0.5) is 5.82 Å². The number of hydrogen-bond donors (Lipinski definition) is 2. The van der Waals surface area contributed by atoms with Gasteiger partial charge in [-0.25, -0.2) is 18.1 Å². The fourth-order valence-electron chi connectivity index (χ4n) is 1.93. The minimum Gasteiger partial charge on any atom is -0.368 e. The normalized spacial score (nSPS) is 12.4. The molecule has 0 saturated heterocycles. The molecule has 0 aliphatic rings. The second-order valence-electron chi connectivity index (χ2n) is 5.33. The van der Waals surface area contributed by atoms with E-state index in [4.69, 9.17) is 0 Å². The van der Waals surface area contributed by atoms with Gasteiger partial charge in [0.25, 0.3) is 10.0 Å². The lowest BCUT2D eigenvalue weighted by Gasteiger charge is -2.10. The highest BCUT2D eigenvalue weighted by Gasteiger charge is 2.25. The molecule has 0 radical (unpaired) electrons. The highest BCUT2D eigenvalue weighted by Crippen LogP contribution is 2.25. The molecule has 0 atom stereocenters. The lowest BCUT2D eigenvalue weighted by Crippen LogP contribution is -2.27. The summed E-state index contributed by atoms with van der Waals surface area (Å²) >= 11 is 1.42. The van der Waals surface area contributed by atoms with Crippen molar-refractivity contribution < 1.29 is 8.42 Å². The molecule has 0 fully saturated rings. The predicted octanol–water partition coefficient (Wildman–Crippen LogP) is 2.54. The second kappa shape index (κ2) is 6.76. The topological polar surface area (TPSA) is 75.5 Å². The SMILES string of the molecule is CCCNc1nc2sccn2c1S(=O)(=O)NCCC(C)C. The molecule has 0 spiro atoms. The molecule has 6 nitrogen and oxygen atoms in total. The van der Waals surface area contributed by atoms with Crippen LogP contribution >= 0.6 is 11.3 Å². The summed E-state index contributed by atoms with van der Waals surface area (Å²) in [5.41, 5.74) is 0. The van der Waals surface area contributed by atoms with Crippen molar-refractivity contribution in [2.45, 2.75) is 38.6 Å². The largest absolute Gasteiger partial charge is 0.368 e. The van der Waals surface area contributed by atoms with Crippen LogP contribution in [0.15, 0.2) is 16.6 Å². The number of hydrogen-bond acceptors (Lipinski definition) is 5. The Bertz CT molecular complexity index is 688. The van der Waals surface area contributed by atoms with Crippen LogP contribution in [0.25, 0.3) is 4.96 Å². The van der Waals surface area contributed by atoms with Crippen LogP contribution in [-0.4, -0.2) is 30.9 Å². The molecule has 2 aromatic heterocycles. The summed E-state index contributed by atoms with van der Waals surface area (Å²) in [4.78, 5) is 5.05. The zero-order valence-corrected chi connectivity index (χ0v) is 14.2. The van der Waals surface area contributed by atoms with E-state index in [9.17, 15) is 8.42 Å². The van der Waals surface area contributed by atoms with Crippen LogP contribution in [0.3, 0.4) is 0 Å². The molecule has 2 N–H and O–H groups in total. The Morgan fingerprint density at radius 3 is 2.81 bits per heavy atom. The molecule has 0 saturated carbocycles. The third-order valence-electron chi connectivity index (χ3n) is 3.03. The summed E-state index contributed by atoms with van der Waals surface area (Å²) in [6, 6.07) is 0. The number of thiazole rings is 1. The van der Waals surface area contributed by atoms with E-state index in [1.807, 2.05) is 12.3 Å². The van der Waals surface area contributed by atoms with E-state index in [1.165, 1.54) is 11.3 Å². The highest BCUT2D eigenvalue weighted by molar-refractivity contribution is 7.89. The van der Waals surface area contributed by atoms with E-state index in [0.29, 0.717) is 29.8 Å². The third kappa shape index (κ3) is 3.75. The van der Waals surface area contributed by atoms with Gasteiger partial charge in [0.2, 0.25) is 0 Å². The molecule has 2 aromatic rings. The molecule has 21 heavy (non-hydrogen) atoms. The Morgan fingerprint density at radius 1 is 1.38 bits per heavy atom. The molecule has 0 aliphatic heterocycles. The van der Waals surface area contributed by atoms with Crippen molar-refractivity contribution >= 4 is 32.1 Å². The van der Waals surface area contributed by atoms with Crippen LogP contribution in [-0.2, 0) is 10.0 Å². The number of imidazole rings is 1. The van der Waals surface area contributed by atoms with Crippen LogP contribution in [0, 0.1) is 5.92 Å². The Balaban J connectivity index is 2.30. The third-order valence-corrected chi connectivity index (χ3v) is 5.27. The lowest BCUT2D eigenvalue weighted by molar-refractivity contribution is 0.549. The first-order valence-corrected chi connectivity index (χ1v) is 9.51. The molecule has 2 heterocycles. The van der Waals surface area contributed by atoms with Gasteiger partial charge in [-0.1, -0.05) is 20.8 Å². The van der Waals surface area contributed by atoms with Gasteiger partial charge >= 0.3 is 0 Å². The Morgan fingerprint density at radius 2 is 2.14 bits per heavy atom. The van der Waals surface area contributed by atoms with E-state index in [2.05, 4.69) is 28.9 Å². The zero-order valence-electron chi connectivity index (χ0n) is 12.6. The zero-order chi connectivity index (χ0) is 15.5. The maximum Gasteiger partial charge on any atom is 0.260 e. The van der Waals surface area contributed by atoms with E-state index < -0.39 is 10.0 Å². The number of fused-ring (bicyclic) bond motifs is 1. The summed E-state index contributed by atoms with van der Waals surface area (Å²) < 4.78 is 29.4. The molecule has 0 amide bonds. The molecule has 0 unspecified atom stereocenters. The van der Waals surface area contributed by atoms with Gasteiger partial charge in [0.1, 0.15) is 0 Å². The maximum atomic E-state index is 12.6. The Kier molecular flexibility index (Phi) is 5.23. The van der Waals surface area contributed by atoms with Gasteiger partial charge < -0.3 is 5.32 Å². The smallest absolute Gasteiger partial charge is 0.260 e. The Hall–Kier alpha value is -1.12. The summed E-state index contributed by atoms with van der Waals surface area (Å²) in [7, 11) is -3.58. The second-order valence-corrected chi connectivity index (χ2v) is 7.88. The minimum absolute atomic E-state index is 0.205. The van der Waals surface area contributed by atoms with E-state index >= 15 is 0 Å². The fraction of sp³-hybridized carbons (Fsp3) is 0.615. The summed E-state index contributed by atoms with van der Waals surface area (Å²) in [5, 5.41) is 5.14. The van der Waals surface area contributed by atoms with Crippen molar-refractivity contribution in [1.29, 1.82) is 0 Å². The lowest BCUT2D eigenvalue weighted by atomic mass is 10.1. The van der Waals surface area contributed by atoms with Gasteiger partial charge in [-0.15, -0.1) is 11.3 Å². The number of aromatic nitrogens is 2. The standard InChI is InChI=1S/C13H22N4O2S2/c1-4-6-14-11-12(17-8-9-20-13(17)16-11)21(18,19)15-7-5-10(2)3/h8-10,14-15H,4-7H2,1-3H3. The van der Waals surface area contributed by atoms with Crippen LogP contribution in [0.2, 0.25) is 0 Å². The van der Waals surface area contributed by atoms with Gasteiger partial charge in [-0.3, -0.25) is 4.40 Å². The first-order chi connectivity index (χ1) is 9.95. The van der Waals surface area contributed by atoms with E-state index in [0.717, 1.165) is 12.8 Å². The van der Waals surface area contributed by atoms with Gasteiger partial charge in [0.05, 0.1) is 0 Å². The maximum absolute atomic E-state index is 12.6. The van der Waals surface area contributed by atoms with Crippen molar-refractivity contribution in [3.63, 3.8) is 0 Å². The number of nitrogens with zero attached hydrogens (tertiary/aromatic N) is 2. The van der Waals surface area contributed by atoms with Gasteiger partial charge in [-0.2, -0.15) is 0 Å². The monoisotopic (exact) mass is 330 g/mol. The number of anilines is 1. The molecule has 0 aliphatic carbocycles. The number of nitrogens with one attached hydrogen (secondary N) is 2. The van der Waals surface area contributed by atoms with Crippen molar-refractivity contribution in [3.05, 3.63) is 11.6 Å². The van der Waals surface area contributed by atoms with Crippen LogP contribution in [0.1, 0.15) is 33.6 Å². The van der Waals surface area contributed by atoms with Crippen molar-refractivity contribution in [3.8, 4) is 0 Å². The average molecular weight is 330 g/mol. The average Bonchev–Trinajstić information content (AvgIpc) is 2.94. The van der Waals surface area contributed by atoms with Crippen LogP contribution in [0.5, 0.6) is 0 Å². The summed E-state index contributed by atoms with van der Waals surface area (Å²) in [6.45, 7) is 7.29. The van der Waals surface area contributed by atoms with Crippen LogP contribution < -0.4 is 10.0 Å². The molecule has 0 aromatic carbocycles.